The Morgan fingerprint density at radius 1 is 1.32 bits per heavy atom. The molecule has 0 radical (unpaired) electrons. The van der Waals surface area contributed by atoms with Crippen LogP contribution in [0.15, 0.2) is 18.2 Å². The standard InChI is InChI=1S/C17H25NO4/c1-2-20-12-14(19)11-18-7-3-4-15(18)13-5-6-16-17(10-13)22-9-8-21-16/h5-6,10,14-15,19H,2-4,7-9,11-12H2,1H3. The van der Waals surface area contributed by atoms with E-state index in [1.807, 2.05) is 13.0 Å². The van der Waals surface area contributed by atoms with Crippen molar-refractivity contribution in [3.05, 3.63) is 23.8 Å². The van der Waals surface area contributed by atoms with Gasteiger partial charge < -0.3 is 19.3 Å². The van der Waals surface area contributed by atoms with Gasteiger partial charge in [-0.3, -0.25) is 4.90 Å². The number of rotatable bonds is 6. The van der Waals surface area contributed by atoms with Gasteiger partial charge in [-0.05, 0) is 44.0 Å². The van der Waals surface area contributed by atoms with Crippen LogP contribution in [0.3, 0.4) is 0 Å². The van der Waals surface area contributed by atoms with Crippen LogP contribution in [0.1, 0.15) is 31.4 Å². The molecule has 5 heteroatoms. The summed E-state index contributed by atoms with van der Waals surface area (Å²) in [6, 6.07) is 6.54. The second-order valence-electron chi connectivity index (χ2n) is 5.87. The first-order chi connectivity index (χ1) is 10.8. The highest BCUT2D eigenvalue weighted by Crippen LogP contribution is 2.37. The summed E-state index contributed by atoms with van der Waals surface area (Å²) in [5, 5.41) is 10.1. The second kappa shape index (κ2) is 7.31. The summed E-state index contributed by atoms with van der Waals surface area (Å²) >= 11 is 0. The lowest BCUT2D eigenvalue weighted by Gasteiger charge is -2.28. The van der Waals surface area contributed by atoms with Gasteiger partial charge in [0.15, 0.2) is 11.5 Å². The summed E-state index contributed by atoms with van der Waals surface area (Å²) in [5.74, 6) is 1.67. The number of nitrogens with zero attached hydrogens (tertiary/aromatic N) is 1. The van der Waals surface area contributed by atoms with E-state index in [0.29, 0.717) is 39.0 Å². The largest absolute Gasteiger partial charge is 0.486 e. The SMILES string of the molecule is CCOCC(O)CN1CCCC1c1ccc2c(c1)OCCO2. The van der Waals surface area contributed by atoms with Gasteiger partial charge in [-0.15, -0.1) is 0 Å². The van der Waals surface area contributed by atoms with E-state index in [9.17, 15) is 5.11 Å². The molecule has 1 fully saturated rings. The highest BCUT2D eigenvalue weighted by molar-refractivity contribution is 5.44. The number of likely N-dealkylation sites (tertiary alicyclic amines) is 1. The van der Waals surface area contributed by atoms with Gasteiger partial charge in [0.1, 0.15) is 13.2 Å². The predicted molar refractivity (Wildman–Crippen MR) is 83.5 cm³/mol. The van der Waals surface area contributed by atoms with Crippen molar-refractivity contribution in [2.24, 2.45) is 0 Å². The Kier molecular flexibility index (Phi) is 5.18. The van der Waals surface area contributed by atoms with Crippen LogP contribution in [0.25, 0.3) is 0 Å². The number of fused-ring (bicyclic) bond motifs is 1. The van der Waals surface area contributed by atoms with Gasteiger partial charge in [0.2, 0.25) is 0 Å². The van der Waals surface area contributed by atoms with Gasteiger partial charge in [-0.25, -0.2) is 0 Å². The van der Waals surface area contributed by atoms with E-state index in [1.54, 1.807) is 0 Å². The maximum absolute atomic E-state index is 10.1. The smallest absolute Gasteiger partial charge is 0.161 e. The Balaban J connectivity index is 1.67. The van der Waals surface area contributed by atoms with Crippen LogP contribution in [-0.2, 0) is 4.74 Å². The summed E-state index contributed by atoms with van der Waals surface area (Å²) in [6.07, 6.45) is 1.83. The van der Waals surface area contributed by atoms with Gasteiger partial charge in [0, 0.05) is 19.2 Å². The van der Waals surface area contributed by atoms with E-state index in [1.165, 1.54) is 5.56 Å². The molecule has 2 unspecified atom stereocenters. The quantitative estimate of drug-likeness (QED) is 0.871. The number of hydrogen-bond acceptors (Lipinski definition) is 5. The molecule has 3 rings (SSSR count). The molecule has 122 valence electrons. The molecule has 1 saturated heterocycles. The lowest BCUT2D eigenvalue weighted by molar-refractivity contribution is 0.0186. The molecular weight excluding hydrogens is 282 g/mol. The van der Waals surface area contributed by atoms with Crippen molar-refractivity contribution in [3.8, 4) is 11.5 Å². The predicted octanol–water partition coefficient (Wildman–Crippen LogP) is 1.99. The Labute approximate surface area is 131 Å². The molecule has 0 amide bonds. The molecule has 0 aromatic heterocycles. The second-order valence-corrected chi connectivity index (χ2v) is 5.87. The van der Waals surface area contributed by atoms with Crippen molar-refractivity contribution in [2.45, 2.75) is 31.9 Å². The van der Waals surface area contributed by atoms with Crippen LogP contribution in [0.2, 0.25) is 0 Å². The van der Waals surface area contributed by atoms with Crippen molar-refractivity contribution in [3.63, 3.8) is 0 Å². The van der Waals surface area contributed by atoms with E-state index < -0.39 is 6.10 Å². The van der Waals surface area contributed by atoms with E-state index in [2.05, 4.69) is 17.0 Å². The van der Waals surface area contributed by atoms with E-state index in [4.69, 9.17) is 14.2 Å². The van der Waals surface area contributed by atoms with E-state index >= 15 is 0 Å². The molecule has 5 nitrogen and oxygen atoms in total. The van der Waals surface area contributed by atoms with Crippen LogP contribution in [0, 0.1) is 0 Å². The number of aliphatic hydroxyl groups is 1. The Morgan fingerprint density at radius 2 is 2.14 bits per heavy atom. The molecule has 1 aromatic rings. The first-order valence-electron chi connectivity index (χ1n) is 8.17. The third-order valence-corrected chi connectivity index (χ3v) is 4.27. The van der Waals surface area contributed by atoms with Gasteiger partial charge >= 0.3 is 0 Å². The van der Waals surface area contributed by atoms with Gasteiger partial charge in [0.25, 0.3) is 0 Å². The molecule has 0 bridgehead atoms. The van der Waals surface area contributed by atoms with Crippen molar-refractivity contribution < 1.29 is 19.3 Å². The van der Waals surface area contributed by atoms with Crippen molar-refractivity contribution in [2.75, 3.05) is 39.5 Å². The molecule has 22 heavy (non-hydrogen) atoms. The van der Waals surface area contributed by atoms with Gasteiger partial charge in [-0.2, -0.15) is 0 Å². The maximum Gasteiger partial charge on any atom is 0.161 e. The normalized spacial score (nSPS) is 22.7. The summed E-state index contributed by atoms with van der Waals surface area (Å²) in [4.78, 5) is 2.34. The molecule has 2 heterocycles. The summed E-state index contributed by atoms with van der Waals surface area (Å²) in [5.41, 5.74) is 1.24. The highest BCUT2D eigenvalue weighted by Gasteiger charge is 2.28. The first-order valence-corrected chi connectivity index (χ1v) is 8.17. The minimum absolute atomic E-state index is 0.340. The number of ether oxygens (including phenoxy) is 3. The third kappa shape index (κ3) is 3.54. The number of hydrogen-bond donors (Lipinski definition) is 1. The van der Waals surface area contributed by atoms with Crippen LogP contribution in [0.5, 0.6) is 11.5 Å². The lowest BCUT2D eigenvalue weighted by Crippen LogP contribution is -2.34. The van der Waals surface area contributed by atoms with Crippen LogP contribution in [-0.4, -0.2) is 55.6 Å². The van der Waals surface area contributed by atoms with E-state index in [0.717, 1.165) is 30.9 Å². The Hall–Kier alpha value is -1.30. The fraction of sp³-hybridized carbons (Fsp3) is 0.647. The minimum Gasteiger partial charge on any atom is -0.486 e. The van der Waals surface area contributed by atoms with Crippen molar-refractivity contribution >= 4 is 0 Å². The van der Waals surface area contributed by atoms with Crippen molar-refractivity contribution in [1.29, 1.82) is 0 Å². The minimum atomic E-state index is -0.433. The molecule has 0 aliphatic carbocycles. The van der Waals surface area contributed by atoms with Gasteiger partial charge in [-0.1, -0.05) is 6.07 Å². The van der Waals surface area contributed by atoms with E-state index in [-0.39, 0.29) is 0 Å². The fourth-order valence-corrected chi connectivity index (χ4v) is 3.27. The monoisotopic (exact) mass is 307 g/mol. The Morgan fingerprint density at radius 3 is 2.95 bits per heavy atom. The zero-order valence-corrected chi connectivity index (χ0v) is 13.2. The molecule has 1 N–H and O–H groups in total. The molecule has 0 spiro atoms. The summed E-state index contributed by atoms with van der Waals surface area (Å²) in [6.45, 7) is 5.88. The molecule has 2 aliphatic rings. The average molecular weight is 307 g/mol. The fourth-order valence-electron chi connectivity index (χ4n) is 3.27. The van der Waals surface area contributed by atoms with Crippen LogP contribution in [0.4, 0.5) is 0 Å². The number of β-amino-alcohol motifs (C(OH)–C–C–N with tert-alkyl or cyclic N) is 1. The molecular formula is C17H25NO4. The summed E-state index contributed by atoms with van der Waals surface area (Å²) < 4.78 is 16.6. The van der Waals surface area contributed by atoms with Crippen LogP contribution >= 0.6 is 0 Å². The molecule has 0 saturated carbocycles. The maximum atomic E-state index is 10.1. The third-order valence-electron chi connectivity index (χ3n) is 4.27. The molecule has 2 atom stereocenters. The first kappa shape index (κ1) is 15.6. The molecule has 1 aromatic carbocycles. The molecule has 2 aliphatic heterocycles. The lowest BCUT2D eigenvalue weighted by atomic mass is 10.0. The average Bonchev–Trinajstić information content (AvgIpc) is 3.00. The number of benzene rings is 1. The summed E-state index contributed by atoms with van der Waals surface area (Å²) in [7, 11) is 0. The van der Waals surface area contributed by atoms with Crippen molar-refractivity contribution in [1.82, 2.24) is 4.90 Å². The zero-order chi connectivity index (χ0) is 15.4. The number of aliphatic hydroxyl groups excluding tert-OH is 1. The topological polar surface area (TPSA) is 51.2 Å². The van der Waals surface area contributed by atoms with Crippen LogP contribution < -0.4 is 9.47 Å². The van der Waals surface area contributed by atoms with Gasteiger partial charge in [0.05, 0.1) is 12.7 Å². The zero-order valence-electron chi connectivity index (χ0n) is 13.2. The highest BCUT2D eigenvalue weighted by atomic mass is 16.6. The Bertz CT molecular complexity index is 494.